The van der Waals surface area contributed by atoms with Crippen LogP contribution in [0, 0.1) is 11.3 Å². The van der Waals surface area contributed by atoms with Crippen LogP contribution in [0.3, 0.4) is 0 Å². The van der Waals surface area contributed by atoms with Gasteiger partial charge in [-0.05, 0) is 41.8 Å². The van der Waals surface area contributed by atoms with Crippen molar-refractivity contribution in [1.29, 1.82) is 5.26 Å². The van der Waals surface area contributed by atoms with Gasteiger partial charge in [-0.25, -0.2) is 0 Å². The van der Waals surface area contributed by atoms with Gasteiger partial charge >= 0.3 is 7.60 Å². The van der Waals surface area contributed by atoms with Crippen LogP contribution in [0.15, 0.2) is 48.5 Å². The zero-order chi connectivity index (χ0) is 17.6. The first-order valence-electron chi connectivity index (χ1n) is 7.35. The van der Waals surface area contributed by atoms with Gasteiger partial charge in [0.05, 0.1) is 18.7 Å². The monoisotopic (exact) mass is 346 g/mol. The Bertz CT molecular complexity index is 748. The number of rotatable bonds is 7. The lowest BCUT2D eigenvalue weighted by molar-refractivity contribution is 0.348. The molecular formula is C17H19N2O4P. The van der Waals surface area contributed by atoms with Gasteiger partial charge in [-0.3, -0.25) is 9.88 Å². The molecule has 0 amide bonds. The highest BCUT2D eigenvalue weighted by Gasteiger charge is 2.29. The fourth-order valence-electron chi connectivity index (χ4n) is 2.32. The molecule has 0 aromatic heterocycles. The van der Waals surface area contributed by atoms with Gasteiger partial charge in [-0.1, -0.05) is 24.3 Å². The lowest BCUT2D eigenvalue weighted by Gasteiger charge is -2.20. The van der Waals surface area contributed by atoms with Crippen LogP contribution in [-0.4, -0.2) is 23.4 Å². The summed E-state index contributed by atoms with van der Waals surface area (Å²) in [5.41, 5.74) is 1.94. The average Bonchev–Trinajstić information content (AvgIpc) is 2.58. The summed E-state index contributed by atoms with van der Waals surface area (Å²) < 4.78 is 16.9. The van der Waals surface area contributed by atoms with Crippen molar-refractivity contribution in [3.8, 4) is 11.8 Å². The Balaban J connectivity index is 2.03. The standard InChI is InChI=1S/C17H19N2O4P/c1-23-16-8-4-13(5-9-16)10-11-19-17(24(20,21)22)15-6-2-14(12-18)3-7-15/h2-9,17,19H,10-11H2,1H3,(H2,20,21,22)/t17-/m1/s1. The van der Waals surface area contributed by atoms with Gasteiger partial charge in [0.2, 0.25) is 0 Å². The van der Waals surface area contributed by atoms with Gasteiger partial charge < -0.3 is 14.5 Å². The number of nitrogens with one attached hydrogen (secondary N) is 1. The first-order valence-corrected chi connectivity index (χ1v) is 9.04. The minimum absolute atomic E-state index is 0.405. The van der Waals surface area contributed by atoms with Crippen LogP contribution in [0.1, 0.15) is 22.5 Å². The molecule has 3 N–H and O–H groups in total. The number of methoxy groups -OCH3 is 1. The van der Waals surface area contributed by atoms with Gasteiger partial charge in [0.15, 0.2) is 0 Å². The minimum Gasteiger partial charge on any atom is -0.497 e. The van der Waals surface area contributed by atoms with Crippen molar-refractivity contribution in [2.24, 2.45) is 0 Å². The summed E-state index contributed by atoms with van der Waals surface area (Å²) in [6.07, 6.45) is 0.622. The molecule has 0 radical (unpaired) electrons. The van der Waals surface area contributed by atoms with Gasteiger partial charge in [-0.15, -0.1) is 0 Å². The van der Waals surface area contributed by atoms with Crippen molar-refractivity contribution in [2.75, 3.05) is 13.7 Å². The van der Waals surface area contributed by atoms with E-state index in [1.165, 1.54) is 0 Å². The van der Waals surface area contributed by atoms with E-state index in [0.717, 1.165) is 11.3 Å². The molecule has 1 atom stereocenters. The summed E-state index contributed by atoms with van der Waals surface area (Å²) >= 11 is 0. The van der Waals surface area contributed by atoms with E-state index >= 15 is 0 Å². The number of hydrogen-bond acceptors (Lipinski definition) is 4. The van der Waals surface area contributed by atoms with Crippen molar-refractivity contribution in [2.45, 2.75) is 12.2 Å². The van der Waals surface area contributed by atoms with Crippen LogP contribution in [0.5, 0.6) is 5.75 Å². The fourth-order valence-corrected chi connectivity index (χ4v) is 3.24. The van der Waals surface area contributed by atoms with Crippen LogP contribution in [0.2, 0.25) is 0 Å². The zero-order valence-corrected chi connectivity index (χ0v) is 14.1. The van der Waals surface area contributed by atoms with E-state index in [-0.39, 0.29) is 0 Å². The molecule has 2 aromatic rings. The molecule has 0 fully saturated rings. The van der Waals surface area contributed by atoms with Crippen LogP contribution in [0.25, 0.3) is 0 Å². The summed E-state index contributed by atoms with van der Waals surface area (Å²) in [5.74, 6) is -0.333. The molecule has 0 unspecified atom stereocenters. The molecule has 0 spiro atoms. The smallest absolute Gasteiger partial charge is 0.346 e. The Morgan fingerprint density at radius 3 is 2.29 bits per heavy atom. The quantitative estimate of drug-likeness (QED) is 0.666. The Hall–Kier alpha value is -2.16. The van der Waals surface area contributed by atoms with E-state index in [2.05, 4.69) is 5.32 Å². The Labute approximate surface area is 140 Å². The largest absolute Gasteiger partial charge is 0.497 e. The zero-order valence-electron chi connectivity index (χ0n) is 13.2. The molecule has 126 valence electrons. The summed E-state index contributed by atoms with van der Waals surface area (Å²) in [5, 5.41) is 11.7. The second kappa shape index (κ2) is 8.09. The number of nitrogens with zero attached hydrogens (tertiary/aromatic N) is 1. The van der Waals surface area contributed by atoms with Crippen molar-refractivity contribution < 1.29 is 19.1 Å². The van der Waals surface area contributed by atoms with Crippen molar-refractivity contribution in [1.82, 2.24) is 5.32 Å². The number of hydrogen-bond donors (Lipinski definition) is 3. The molecule has 7 heteroatoms. The van der Waals surface area contributed by atoms with E-state index < -0.39 is 13.4 Å². The van der Waals surface area contributed by atoms with Crippen molar-refractivity contribution >= 4 is 7.60 Å². The van der Waals surface area contributed by atoms with Gasteiger partial charge in [-0.2, -0.15) is 5.26 Å². The second-order valence-electron chi connectivity index (χ2n) is 5.28. The molecule has 0 aliphatic heterocycles. The third-order valence-electron chi connectivity index (χ3n) is 3.60. The van der Waals surface area contributed by atoms with E-state index in [1.807, 2.05) is 30.3 Å². The summed E-state index contributed by atoms with van der Waals surface area (Å²) in [7, 11) is -2.77. The summed E-state index contributed by atoms with van der Waals surface area (Å²) in [6.45, 7) is 0.405. The van der Waals surface area contributed by atoms with E-state index in [1.54, 1.807) is 31.4 Å². The molecule has 24 heavy (non-hydrogen) atoms. The molecule has 0 aliphatic carbocycles. The molecule has 0 heterocycles. The van der Waals surface area contributed by atoms with E-state index in [0.29, 0.717) is 24.1 Å². The highest BCUT2D eigenvalue weighted by molar-refractivity contribution is 7.52. The third kappa shape index (κ3) is 4.92. The molecule has 2 rings (SSSR count). The predicted octanol–water partition coefficient (Wildman–Crippen LogP) is 2.58. The Kier molecular flexibility index (Phi) is 6.13. The molecule has 0 saturated carbocycles. The number of nitriles is 1. The van der Waals surface area contributed by atoms with Crippen LogP contribution in [-0.2, 0) is 11.0 Å². The normalized spacial score (nSPS) is 12.4. The minimum atomic E-state index is -4.37. The van der Waals surface area contributed by atoms with Crippen molar-refractivity contribution in [3.63, 3.8) is 0 Å². The maximum absolute atomic E-state index is 11.8. The summed E-state index contributed by atoms with van der Waals surface area (Å²) in [4.78, 5) is 19.2. The summed E-state index contributed by atoms with van der Waals surface area (Å²) in [6, 6.07) is 15.7. The fraction of sp³-hybridized carbons (Fsp3) is 0.235. The van der Waals surface area contributed by atoms with E-state index in [4.69, 9.17) is 10.00 Å². The highest BCUT2D eigenvalue weighted by Crippen LogP contribution is 2.49. The molecule has 0 saturated heterocycles. The third-order valence-corrected chi connectivity index (χ3v) is 4.76. The van der Waals surface area contributed by atoms with Crippen LogP contribution >= 0.6 is 7.60 Å². The first kappa shape index (κ1) is 18.2. The lowest BCUT2D eigenvalue weighted by Crippen LogP contribution is -2.24. The molecule has 6 nitrogen and oxygen atoms in total. The van der Waals surface area contributed by atoms with Gasteiger partial charge in [0.1, 0.15) is 11.5 Å². The average molecular weight is 346 g/mol. The molecule has 0 bridgehead atoms. The SMILES string of the molecule is COc1ccc(CCN[C@@H](c2ccc(C#N)cc2)P(=O)(O)O)cc1. The van der Waals surface area contributed by atoms with Gasteiger partial charge in [0.25, 0.3) is 0 Å². The van der Waals surface area contributed by atoms with Gasteiger partial charge in [0, 0.05) is 6.54 Å². The lowest BCUT2D eigenvalue weighted by atomic mass is 10.1. The first-order chi connectivity index (χ1) is 11.4. The highest BCUT2D eigenvalue weighted by atomic mass is 31.2. The number of benzene rings is 2. The maximum atomic E-state index is 11.8. The van der Waals surface area contributed by atoms with E-state index in [9.17, 15) is 14.4 Å². The Morgan fingerprint density at radius 2 is 1.79 bits per heavy atom. The molecule has 0 aliphatic rings. The van der Waals surface area contributed by atoms with Crippen LogP contribution in [0.4, 0.5) is 0 Å². The molecular weight excluding hydrogens is 327 g/mol. The van der Waals surface area contributed by atoms with Crippen LogP contribution < -0.4 is 10.1 Å². The maximum Gasteiger partial charge on any atom is 0.346 e. The second-order valence-corrected chi connectivity index (χ2v) is 6.97. The Morgan fingerprint density at radius 1 is 1.17 bits per heavy atom. The predicted molar refractivity (Wildman–Crippen MR) is 90.6 cm³/mol. The van der Waals surface area contributed by atoms with Crippen molar-refractivity contribution in [3.05, 3.63) is 65.2 Å². The molecule has 2 aromatic carbocycles. The number of ether oxygens (including phenoxy) is 1. The topological polar surface area (TPSA) is 103 Å².